The Kier molecular flexibility index (Phi) is 6.78. The molecule has 0 bridgehead atoms. The van der Waals surface area contributed by atoms with Crippen LogP contribution in [0.5, 0.6) is 5.75 Å². The number of rotatable bonds is 9. The molecule has 0 radical (unpaired) electrons. The van der Waals surface area contributed by atoms with E-state index >= 15 is 0 Å². The molecule has 11 heteroatoms. The molecule has 0 saturated carbocycles. The number of aliphatic hydroxyl groups excluding tert-OH is 1. The second kappa shape index (κ2) is 9.48. The molecular weight excluding hydrogens is 406 g/mol. The maximum Gasteiger partial charge on any atom is 0.229 e. The van der Waals surface area contributed by atoms with Crippen LogP contribution in [0.2, 0.25) is 5.02 Å². The second-order valence-electron chi connectivity index (χ2n) is 5.86. The van der Waals surface area contributed by atoms with Gasteiger partial charge in [-0.2, -0.15) is 10.1 Å². The van der Waals surface area contributed by atoms with Crippen molar-refractivity contribution in [2.45, 2.75) is 20.0 Å². The van der Waals surface area contributed by atoms with Crippen LogP contribution in [0.25, 0.3) is 0 Å². The van der Waals surface area contributed by atoms with E-state index in [1.165, 1.54) is 12.3 Å². The van der Waals surface area contributed by atoms with Gasteiger partial charge in [0.2, 0.25) is 5.95 Å². The average molecular weight is 425 g/mol. The summed E-state index contributed by atoms with van der Waals surface area (Å²) in [4.78, 5) is 8.30. The molecule has 2 heterocycles. The van der Waals surface area contributed by atoms with Crippen LogP contribution in [0, 0.1) is 11.6 Å². The molecule has 3 N–H and O–H groups in total. The zero-order valence-corrected chi connectivity index (χ0v) is 16.2. The van der Waals surface area contributed by atoms with Crippen LogP contribution in [-0.4, -0.2) is 38.1 Å². The van der Waals surface area contributed by atoms with Gasteiger partial charge in [-0.1, -0.05) is 11.6 Å². The number of hydrogen-bond donors (Lipinski definition) is 3. The van der Waals surface area contributed by atoms with Crippen molar-refractivity contribution in [1.82, 2.24) is 19.7 Å². The molecule has 0 aliphatic heterocycles. The van der Waals surface area contributed by atoms with Gasteiger partial charge in [0.15, 0.2) is 17.4 Å². The molecule has 0 unspecified atom stereocenters. The summed E-state index contributed by atoms with van der Waals surface area (Å²) in [6, 6.07) is 2.39. The number of nitrogens with zero attached hydrogens (tertiary/aromatic N) is 4. The summed E-state index contributed by atoms with van der Waals surface area (Å²) >= 11 is 6.10. The number of halogens is 3. The van der Waals surface area contributed by atoms with E-state index in [1.54, 1.807) is 24.0 Å². The van der Waals surface area contributed by atoms with Crippen molar-refractivity contribution in [3.05, 3.63) is 52.9 Å². The van der Waals surface area contributed by atoms with Crippen molar-refractivity contribution in [1.29, 1.82) is 0 Å². The Bertz CT molecular complexity index is 985. The first-order valence-corrected chi connectivity index (χ1v) is 9.16. The van der Waals surface area contributed by atoms with Gasteiger partial charge in [-0.15, -0.1) is 0 Å². The third-order valence-corrected chi connectivity index (χ3v) is 4.12. The minimum absolute atomic E-state index is 0.0262. The zero-order valence-electron chi connectivity index (χ0n) is 15.5. The van der Waals surface area contributed by atoms with E-state index in [0.717, 1.165) is 6.07 Å². The normalized spacial score (nSPS) is 10.8. The molecule has 2 aromatic heterocycles. The predicted octanol–water partition coefficient (Wildman–Crippen LogP) is 3.35. The highest BCUT2D eigenvalue weighted by Gasteiger charge is 2.16. The van der Waals surface area contributed by atoms with Crippen LogP contribution in [0.1, 0.15) is 12.5 Å². The van der Waals surface area contributed by atoms with Crippen molar-refractivity contribution in [2.75, 3.05) is 23.8 Å². The van der Waals surface area contributed by atoms with Crippen LogP contribution in [-0.2, 0) is 13.1 Å². The lowest BCUT2D eigenvalue weighted by molar-refractivity contribution is 0.269. The summed E-state index contributed by atoms with van der Waals surface area (Å²) in [7, 11) is 0. The minimum atomic E-state index is -0.779. The third-order valence-electron chi connectivity index (χ3n) is 3.85. The van der Waals surface area contributed by atoms with Gasteiger partial charge in [-0.25, -0.2) is 13.8 Å². The zero-order chi connectivity index (χ0) is 20.8. The van der Waals surface area contributed by atoms with Gasteiger partial charge in [-0.05, 0) is 19.1 Å². The first-order chi connectivity index (χ1) is 14.0. The van der Waals surface area contributed by atoms with Gasteiger partial charge in [0.25, 0.3) is 0 Å². The van der Waals surface area contributed by atoms with E-state index in [9.17, 15) is 8.78 Å². The Labute approximate surface area is 170 Å². The molecule has 3 aromatic rings. The molecule has 1 aromatic carbocycles. The minimum Gasteiger partial charge on any atom is -0.491 e. The average Bonchev–Trinajstić information content (AvgIpc) is 3.13. The van der Waals surface area contributed by atoms with E-state index < -0.39 is 11.6 Å². The number of hydrogen-bond acceptors (Lipinski definition) is 7. The lowest BCUT2D eigenvalue weighted by Gasteiger charge is -2.12. The Hall–Kier alpha value is -2.98. The lowest BCUT2D eigenvalue weighted by Crippen LogP contribution is -2.09. The summed E-state index contributed by atoms with van der Waals surface area (Å²) in [6.07, 6.45) is 4.58. The number of ether oxygens (including phenoxy) is 1. The van der Waals surface area contributed by atoms with Crippen LogP contribution in [0.3, 0.4) is 0 Å². The molecule has 0 aliphatic carbocycles. The fraction of sp³-hybridized carbons (Fsp3) is 0.278. The van der Waals surface area contributed by atoms with Crippen molar-refractivity contribution in [2.24, 2.45) is 0 Å². The van der Waals surface area contributed by atoms with Crippen molar-refractivity contribution < 1.29 is 18.6 Å². The fourth-order valence-electron chi connectivity index (χ4n) is 2.51. The molecule has 0 saturated heterocycles. The predicted molar refractivity (Wildman–Crippen MR) is 104 cm³/mol. The number of benzene rings is 1. The quantitative estimate of drug-likeness (QED) is 0.484. The maximum atomic E-state index is 14.4. The van der Waals surface area contributed by atoms with E-state index in [2.05, 4.69) is 25.7 Å². The molecule has 0 atom stereocenters. The second-order valence-corrected chi connectivity index (χ2v) is 6.26. The number of aliphatic hydroxyl groups is 1. The summed E-state index contributed by atoms with van der Waals surface area (Å²) < 4.78 is 35.2. The Morgan fingerprint density at radius 1 is 1.28 bits per heavy atom. The fourth-order valence-corrected chi connectivity index (χ4v) is 2.67. The first kappa shape index (κ1) is 20.7. The van der Waals surface area contributed by atoms with Gasteiger partial charge < -0.3 is 20.5 Å². The summed E-state index contributed by atoms with van der Waals surface area (Å²) in [5.74, 6) is -1.10. The smallest absolute Gasteiger partial charge is 0.229 e. The Morgan fingerprint density at radius 2 is 2.10 bits per heavy atom. The van der Waals surface area contributed by atoms with Crippen molar-refractivity contribution in [3.63, 3.8) is 0 Å². The van der Waals surface area contributed by atoms with E-state index in [4.69, 9.17) is 21.4 Å². The number of aromatic nitrogens is 4. The molecular formula is C18H19ClF2N6O2. The first-order valence-electron chi connectivity index (χ1n) is 8.78. The van der Waals surface area contributed by atoms with E-state index in [-0.39, 0.29) is 47.9 Å². The van der Waals surface area contributed by atoms with Gasteiger partial charge in [0, 0.05) is 18.3 Å². The van der Waals surface area contributed by atoms with Gasteiger partial charge in [-0.3, -0.25) is 4.68 Å². The highest BCUT2D eigenvalue weighted by atomic mass is 35.5. The molecule has 0 aliphatic rings. The third kappa shape index (κ3) is 5.09. The molecule has 154 valence electrons. The standard InChI is InChI=1S/C18H19ClF2N6O2/c1-2-29-15-4-3-14(20)12(16(15)21)8-22-17-13(19)9-23-18(26-17)25-11-7-24-27(10-11)5-6-28/h3-4,7,9-10,28H,2,5-6,8H2,1H3,(H2,22,23,25,26). The summed E-state index contributed by atoms with van der Waals surface area (Å²) in [6.45, 7) is 2.10. The SMILES string of the molecule is CCOc1ccc(F)c(CNc2nc(Nc3cnn(CCO)c3)ncc2Cl)c1F. The summed E-state index contributed by atoms with van der Waals surface area (Å²) in [5, 5.41) is 18.9. The molecule has 0 spiro atoms. The van der Waals surface area contributed by atoms with Crippen molar-refractivity contribution in [3.8, 4) is 5.75 Å². The summed E-state index contributed by atoms with van der Waals surface area (Å²) in [5.41, 5.74) is 0.415. The molecule has 8 nitrogen and oxygen atoms in total. The molecule has 0 fully saturated rings. The van der Waals surface area contributed by atoms with Crippen molar-refractivity contribution >= 4 is 29.1 Å². The maximum absolute atomic E-state index is 14.4. The van der Waals surface area contributed by atoms with Crippen LogP contribution in [0.4, 0.5) is 26.2 Å². The lowest BCUT2D eigenvalue weighted by atomic mass is 10.2. The Morgan fingerprint density at radius 3 is 2.86 bits per heavy atom. The van der Waals surface area contributed by atoms with Gasteiger partial charge in [0.05, 0.1) is 37.8 Å². The van der Waals surface area contributed by atoms with Gasteiger partial charge >= 0.3 is 0 Å². The van der Waals surface area contributed by atoms with Crippen LogP contribution in [0.15, 0.2) is 30.7 Å². The number of nitrogens with one attached hydrogen (secondary N) is 2. The molecule has 3 rings (SSSR count). The molecule has 0 amide bonds. The van der Waals surface area contributed by atoms with Crippen LogP contribution >= 0.6 is 11.6 Å². The largest absolute Gasteiger partial charge is 0.491 e. The highest BCUT2D eigenvalue weighted by Crippen LogP contribution is 2.26. The number of anilines is 3. The topological polar surface area (TPSA) is 97.1 Å². The van der Waals surface area contributed by atoms with E-state index in [0.29, 0.717) is 12.2 Å². The van der Waals surface area contributed by atoms with E-state index in [1.807, 2.05) is 0 Å². The molecule has 29 heavy (non-hydrogen) atoms. The van der Waals surface area contributed by atoms with Crippen LogP contribution < -0.4 is 15.4 Å². The Balaban J connectivity index is 1.74. The highest BCUT2D eigenvalue weighted by molar-refractivity contribution is 6.32. The van der Waals surface area contributed by atoms with Gasteiger partial charge in [0.1, 0.15) is 10.8 Å². The monoisotopic (exact) mass is 424 g/mol.